The topological polar surface area (TPSA) is 55.2 Å². The van der Waals surface area contributed by atoms with Gasteiger partial charge in [0.25, 0.3) is 0 Å². The van der Waals surface area contributed by atoms with Crippen LogP contribution in [0.25, 0.3) is 0 Å². The van der Waals surface area contributed by atoms with E-state index < -0.39 is 21.8 Å². The van der Waals surface area contributed by atoms with Crippen molar-refractivity contribution in [3.8, 4) is 0 Å². The number of fused-ring (bicyclic) bond motifs is 1. The van der Waals surface area contributed by atoms with Crippen LogP contribution in [0.3, 0.4) is 0 Å². The molecule has 0 radical (unpaired) electrons. The van der Waals surface area contributed by atoms with Gasteiger partial charge in [0.05, 0.1) is 16.7 Å². The molecule has 0 unspecified atom stereocenters. The van der Waals surface area contributed by atoms with Crippen LogP contribution in [0.1, 0.15) is 28.2 Å². The summed E-state index contributed by atoms with van der Waals surface area (Å²) in [6.07, 6.45) is -1.11. The summed E-state index contributed by atoms with van der Waals surface area (Å²) in [5.41, 5.74) is 1.68. The summed E-state index contributed by atoms with van der Waals surface area (Å²) in [7, 11) is -2.34. The number of sulfonamides is 1. The van der Waals surface area contributed by atoms with E-state index in [2.05, 4.69) is 5.10 Å². The van der Waals surface area contributed by atoms with Gasteiger partial charge in [-0.1, -0.05) is 30.3 Å². The molecule has 2 heterocycles. The van der Waals surface area contributed by atoms with Crippen molar-refractivity contribution in [1.82, 2.24) is 14.1 Å². The number of benzene rings is 2. The Kier molecular flexibility index (Phi) is 4.74. The zero-order valence-electron chi connectivity index (χ0n) is 15.5. The molecule has 0 spiro atoms. The van der Waals surface area contributed by atoms with Crippen LogP contribution in [-0.4, -0.2) is 29.0 Å². The first-order valence-electron chi connectivity index (χ1n) is 8.90. The van der Waals surface area contributed by atoms with Crippen LogP contribution in [0, 0.1) is 0 Å². The Morgan fingerprint density at radius 2 is 1.86 bits per heavy atom. The third-order valence-corrected chi connectivity index (χ3v) is 6.90. The van der Waals surface area contributed by atoms with Gasteiger partial charge in [0.1, 0.15) is 0 Å². The van der Waals surface area contributed by atoms with Crippen LogP contribution in [0.15, 0.2) is 65.8 Å². The number of aryl methyl sites for hydroxylation is 1. The van der Waals surface area contributed by atoms with Crippen LogP contribution in [-0.2, 0) is 29.8 Å². The molecule has 1 aliphatic rings. The largest absolute Gasteiger partial charge is 0.416 e. The molecule has 0 N–H and O–H groups in total. The summed E-state index contributed by atoms with van der Waals surface area (Å²) >= 11 is 0. The van der Waals surface area contributed by atoms with Crippen molar-refractivity contribution >= 4 is 10.0 Å². The molecule has 0 bridgehead atoms. The molecule has 1 atom stereocenters. The maximum absolute atomic E-state index is 13.2. The van der Waals surface area contributed by atoms with Gasteiger partial charge in [-0.25, -0.2) is 8.42 Å². The van der Waals surface area contributed by atoms with Crippen LogP contribution in [0.4, 0.5) is 13.2 Å². The molecular weight excluding hydrogens is 403 g/mol. The van der Waals surface area contributed by atoms with Crippen LogP contribution in [0.2, 0.25) is 0 Å². The molecule has 152 valence electrons. The number of nitrogens with zero attached hydrogens (tertiary/aromatic N) is 3. The molecule has 3 aromatic rings. The zero-order valence-corrected chi connectivity index (χ0v) is 16.3. The molecule has 0 fully saturated rings. The first-order chi connectivity index (χ1) is 13.7. The molecule has 2 aromatic carbocycles. The summed E-state index contributed by atoms with van der Waals surface area (Å²) in [4.78, 5) is -0.364. The van der Waals surface area contributed by atoms with E-state index in [-0.39, 0.29) is 23.9 Å². The molecule has 0 aliphatic carbocycles. The lowest BCUT2D eigenvalue weighted by atomic mass is 9.87. The van der Waals surface area contributed by atoms with Gasteiger partial charge in [-0.05, 0) is 34.9 Å². The van der Waals surface area contributed by atoms with E-state index >= 15 is 0 Å². The Morgan fingerprint density at radius 1 is 1.10 bits per heavy atom. The minimum Gasteiger partial charge on any atom is -0.276 e. The second-order valence-corrected chi connectivity index (χ2v) is 8.96. The quantitative estimate of drug-likeness (QED) is 0.647. The molecule has 5 nitrogen and oxygen atoms in total. The molecule has 4 rings (SSSR count). The van der Waals surface area contributed by atoms with Gasteiger partial charge < -0.3 is 0 Å². The highest BCUT2D eigenvalue weighted by Gasteiger charge is 2.36. The van der Waals surface area contributed by atoms with E-state index in [0.717, 1.165) is 28.8 Å². The van der Waals surface area contributed by atoms with Crippen molar-refractivity contribution in [1.29, 1.82) is 0 Å². The SMILES string of the molecule is Cn1cc([C@@H]2CN(S(=O)(=O)c3cccc(C(F)(F)F)c3)Cc3ccccc32)cn1. The average Bonchev–Trinajstić information content (AvgIpc) is 3.12. The van der Waals surface area contributed by atoms with Gasteiger partial charge in [-0.2, -0.15) is 22.6 Å². The van der Waals surface area contributed by atoms with Crippen LogP contribution >= 0.6 is 0 Å². The fraction of sp³-hybridized carbons (Fsp3) is 0.250. The lowest BCUT2D eigenvalue weighted by Crippen LogP contribution is -2.38. The molecule has 0 amide bonds. The second-order valence-electron chi connectivity index (χ2n) is 7.02. The summed E-state index contributed by atoms with van der Waals surface area (Å²) in [6, 6.07) is 11.4. The van der Waals surface area contributed by atoms with E-state index in [4.69, 9.17) is 0 Å². The molecule has 0 saturated carbocycles. The predicted molar refractivity (Wildman–Crippen MR) is 101 cm³/mol. The van der Waals surface area contributed by atoms with Crippen LogP contribution < -0.4 is 0 Å². The van der Waals surface area contributed by atoms with Crippen molar-refractivity contribution in [3.05, 3.63) is 83.2 Å². The van der Waals surface area contributed by atoms with Crippen molar-refractivity contribution in [2.45, 2.75) is 23.5 Å². The van der Waals surface area contributed by atoms with Crippen molar-refractivity contribution in [2.24, 2.45) is 7.05 Å². The van der Waals surface area contributed by atoms with Gasteiger partial charge in [-0.15, -0.1) is 0 Å². The molecular formula is C20H18F3N3O2S. The smallest absolute Gasteiger partial charge is 0.276 e. The van der Waals surface area contributed by atoms with Gasteiger partial charge in [0.15, 0.2) is 0 Å². The number of alkyl halides is 3. The first kappa shape index (κ1) is 19.7. The Morgan fingerprint density at radius 3 is 2.55 bits per heavy atom. The standard InChI is InChI=1S/C20H18F3N3O2S/c1-25-11-15(10-24-25)19-13-26(12-14-5-2-3-8-18(14)19)29(27,28)17-7-4-6-16(9-17)20(21,22)23/h2-11,19H,12-13H2,1H3/t19-/m0/s1. The van der Waals surface area contributed by atoms with Crippen molar-refractivity contribution < 1.29 is 21.6 Å². The molecule has 1 aliphatic heterocycles. The molecule has 29 heavy (non-hydrogen) atoms. The molecule has 9 heteroatoms. The fourth-order valence-electron chi connectivity index (χ4n) is 3.64. The minimum atomic E-state index is -4.61. The fourth-order valence-corrected chi connectivity index (χ4v) is 5.12. The second kappa shape index (κ2) is 7.00. The lowest BCUT2D eigenvalue weighted by Gasteiger charge is -2.33. The van der Waals surface area contributed by atoms with Gasteiger partial charge >= 0.3 is 6.18 Å². The molecule has 0 saturated heterocycles. The highest BCUT2D eigenvalue weighted by Crippen LogP contribution is 2.37. The maximum Gasteiger partial charge on any atom is 0.416 e. The normalized spacial score (nSPS) is 17.9. The number of aromatic nitrogens is 2. The van der Waals surface area contributed by atoms with Gasteiger partial charge in [-0.3, -0.25) is 4.68 Å². The van der Waals surface area contributed by atoms with E-state index in [1.165, 1.54) is 10.4 Å². The third-order valence-electron chi connectivity index (χ3n) is 5.09. The minimum absolute atomic E-state index is 0.103. The monoisotopic (exact) mass is 421 g/mol. The zero-order chi connectivity index (χ0) is 20.8. The number of rotatable bonds is 3. The molecule has 1 aromatic heterocycles. The van der Waals surface area contributed by atoms with Crippen LogP contribution in [0.5, 0.6) is 0 Å². The highest BCUT2D eigenvalue weighted by molar-refractivity contribution is 7.89. The van der Waals surface area contributed by atoms with Crippen molar-refractivity contribution in [2.75, 3.05) is 6.54 Å². The third kappa shape index (κ3) is 3.67. The highest BCUT2D eigenvalue weighted by atomic mass is 32.2. The Bertz CT molecular complexity index is 1160. The van der Waals surface area contributed by atoms with E-state index in [1.807, 2.05) is 30.5 Å². The Hall–Kier alpha value is -2.65. The van der Waals surface area contributed by atoms with Crippen molar-refractivity contribution in [3.63, 3.8) is 0 Å². The number of halogens is 3. The Balaban J connectivity index is 1.76. The first-order valence-corrected chi connectivity index (χ1v) is 10.3. The summed E-state index contributed by atoms with van der Waals surface area (Å²) in [5.74, 6) is -0.255. The summed E-state index contributed by atoms with van der Waals surface area (Å²) in [5, 5.41) is 4.17. The number of hydrogen-bond acceptors (Lipinski definition) is 3. The van der Waals surface area contributed by atoms with E-state index in [0.29, 0.717) is 6.07 Å². The maximum atomic E-state index is 13.2. The van der Waals surface area contributed by atoms with Gasteiger partial charge in [0, 0.05) is 32.3 Å². The van der Waals surface area contributed by atoms with E-state index in [1.54, 1.807) is 17.9 Å². The average molecular weight is 421 g/mol. The summed E-state index contributed by atoms with van der Waals surface area (Å²) in [6.45, 7) is 0.229. The predicted octanol–water partition coefficient (Wildman–Crippen LogP) is 3.78. The van der Waals surface area contributed by atoms with Gasteiger partial charge in [0.2, 0.25) is 10.0 Å². The van der Waals surface area contributed by atoms with E-state index in [9.17, 15) is 21.6 Å². The lowest BCUT2D eigenvalue weighted by molar-refractivity contribution is -0.137. The Labute approximate surface area is 166 Å². The number of hydrogen-bond donors (Lipinski definition) is 0. The summed E-state index contributed by atoms with van der Waals surface area (Å²) < 4.78 is 68.5.